The van der Waals surface area contributed by atoms with E-state index in [1.165, 1.54) is 0 Å². The van der Waals surface area contributed by atoms with Gasteiger partial charge in [-0.1, -0.05) is 24.1 Å². The van der Waals surface area contributed by atoms with E-state index in [1.54, 1.807) is 13.0 Å². The number of carbonyl (C=O) groups is 2. The molecule has 21 heavy (non-hydrogen) atoms. The summed E-state index contributed by atoms with van der Waals surface area (Å²) in [6.07, 6.45) is 3.71. The monoisotopic (exact) mass is 296 g/mol. The number of hydrogen-bond donors (Lipinski definition) is 1. The van der Waals surface area contributed by atoms with Crippen molar-refractivity contribution in [3.8, 4) is 11.8 Å². The third-order valence-corrected chi connectivity index (χ3v) is 3.98. The van der Waals surface area contributed by atoms with E-state index in [0.29, 0.717) is 11.4 Å². The fraction of sp³-hybridized carbons (Fsp3) is 0.125. The summed E-state index contributed by atoms with van der Waals surface area (Å²) in [6, 6.07) is 7.93. The van der Waals surface area contributed by atoms with E-state index >= 15 is 0 Å². The summed E-state index contributed by atoms with van der Waals surface area (Å²) >= 11 is 0.928. The molecule has 2 amide bonds. The molecule has 0 unspecified atom stereocenters. The predicted molar refractivity (Wildman–Crippen MR) is 84.5 cm³/mol. The molecule has 2 aromatic rings. The molecule has 5 heteroatoms. The molecule has 3 rings (SSSR count). The number of amides is 2. The van der Waals surface area contributed by atoms with Crippen LogP contribution < -0.4 is 5.32 Å². The van der Waals surface area contributed by atoms with Crippen molar-refractivity contribution in [1.29, 1.82) is 0 Å². The van der Waals surface area contributed by atoms with Gasteiger partial charge >= 0.3 is 0 Å². The lowest BCUT2D eigenvalue weighted by Crippen LogP contribution is -2.17. The van der Waals surface area contributed by atoms with Gasteiger partial charge in [-0.3, -0.25) is 14.9 Å². The molecule has 2 heterocycles. The largest absolute Gasteiger partial charge is 0.335 e. The van der Waals surface area contributed by atoms with Crippen LogP contribution in [-0.2, 0) is 11.3 Å². The minimum atomic E-state index is -0.338. The molecule has 104 valence electrons. The van der Waals surface area contributed by atoms with Gasteiger partial charge in [0.15, 0.2) is 0 Å². The zero-order chi connectivity index (χ0) is 14.8. The summed E-state index contributed by atoms with van der Waals surface area (Å²) in [7, 11) is 0. The van der Waals surface area contributed by atoms with E-state index in [1.807, 2.05) is 35.0 Å². The summed E-state index contributed by atoms with van der Waals surface area (Å²) in [5.41, 5.74) is 1.97. The number of thioether (sulfide) groups is 1. The molecule has 1 saturated heterocycles. The first-order valence-corrected chi connectivity index (χ1v) is 7.23. The number of carbonyl (C=O) groups excluding carboxylic acids is 2. The standard InChI is InChI=1S/C16H12N2O2S/c1-2-3-8-18-10-11(12-6-4-5-7-13(12)18)9-14-15(19)17-16(20)21-14/h4-7,9-10H,8H2,1H3,(H,17,19,20). The topological polar surface area (TPSA) is 51.1 Å². The van der Waals surface area contributed by atoms with Crippen LogP contribution in [0.5, 0.6) is 0 Å². The number of nitrogens with zero attached hydrogens (tertiary/aromatic N) is 1. The van der Waals surface area contributed by atoms with E-state index in [-0.39, 0.29) is 11.1 Å². The van der Waals surface area contributed by atoms with Crippen molar-refractivity contribution in [2.45, 2.75) is 13.5 Å². The maximum absolute atomic E-state index is 11.7. The van der Waals surface area contributed by atoms with Crippen LogP contribution in [0.3, 0.4) is 0 Å². The van der Waals surface area contributed by atoms with Crippen LogP contribution in [0.4, 0.5) is 4.79 Å². The Morgan fingerprint density at radius 1 is 1.33 bits per heavy atom. The summed E-state index contributed by atoms with van der Waals surface area (Å²) in [4.78, 5) is 23.3. The number of hydrogen-bond acceptors (Lipinski definition) is 3. The Kier molecular flexibility index (Phi) is 3.55. The molecule has 0 spiro atoms. The maximum Gasteiger partial charge on any atom is 0.290 e. The summed E-state index contributed by atoms with van der Waals surface area (Å²) in [6.45, 7) is 2.40. The second-order valence-corrected chi connectivity index (χ2v) is 5.52. The molecule has 1 aliphatic heterocycles. The van der Waals surface area contributed by atoms with Crippen molar-refractivity contribution in [2.75, 3.05) is 0 Å². The first kappa shape index (κ1) is 13.5. The second-order valence-electron chi connectivity index (χ2n) is 4.51. The number of imide groups is 1. The molecule has 0 saturated carbocycles. The molecule has 4 nitrogen and oxygen atoms in total. The van der Waals surface area contributed by atoms with Gasteiger partial charge in [0, 0.05) is 22.7 Å². The molecule has 1 fully saturated rings. The van der Waals surface area contributed by atoms with Crippen LogP contribution in [0.25, 0.3) is 17.0 Å². The van der Waals surface area contributed by atoms with Crippen LogP contribution in [0.2, 0.25) is 0 Å². The van der Waals surface area contributed by atoms with Crippen LogP contribution >= 0.6 is 11.8 Å². The van der Waals surface area contributed by atoms with Gasteiger partial charge in [-0.05, 0) is 30.8 Å². The van der Waals surface area contributed by atoms with Gasteiger partial charge in [0.25, 0.3) is 11.1 Å². The maximum atomic E-state index is 11.7. The molecule has 0 radical (unpaired) electrons. The molecule has 0 aliphatic carbocycles. The third-order valence-electron chi connectivity index (χ3n) is 3.17. The number of para-hydroxylation sites is 1. The van der Waals surface area contributed by atoms with Gasteiger partial charge in [-0.2, -0.15) is 0 Å². The van der Waals surface area contributed by atoms with Gasteiger partial charge < -0.3 is 4.57 Å². The SMILES string of the molecule is CC#CCn1cc(C=C2SC(=O)NC2=O)c2ccccc21. The number of fused-ring (bicyclic) bond motifs is 1. The average Bonchev–Trinajstić information content (AvgIpc) is 2.98. The van der Waals surface area contributed by atoms with Crippen molar-refractivity contribution >= 4 is 39.9 Å². The Morgan fingerprint density at radius 2 is 2.14 bits per heavy atom. The van der Waals surface area contributed by atoms with E-state index in [4.69, 9.17) is 0 Å². The lowest BCUT2D eigenvalue weighted by molar-refractivity contribution is -0.115. The highest BCUT2D eigenvalue weighted by atomic mass is 32.2. The summed E-state index contributed by atoms with van der Waals surface area (Å²) in [5.74, 6) is 5.57. The van der Waals surface area contributed by atoms with Crippen molar-refractivity contribution in [2.24, 2.45) is 0 Å². The zero-order valence-electron chi connectivity index (χ0n) is 11.3. The van der Waals surface area contributed by atoms with E-state index in [9.17, 15) is 9.59 Å². The minimum absolute atomic E-state index is 0.327. The highest BCUT2D eigenvalue weighted by molar-refractivity contribution is 8.18. The first-order chi connectivity index (χ1) is 10.2. The smallest absolute Gasteiger partial charge is 0.290 e. The Balaban J connectivity index is 2.10. The number of rotatable bonds is 2. The number of aromatic nitrogens is 1. The minimum Gasteiger partial charge on any atom is -0.335 e. The summed E-state index contributed by atoms with van der Waals surface area (Å²) in [5, 5.41) is 2.97. The van der Waals surface area contributed by atoms with Crippen molar-refractivity contribution < 1.29 is 9.59 Å². The Labute approximate surface area is 126 Å². The molecule has 0 atom stereocenters. The average molecular weight is 296 g/mol. The van der Waals surface area contributed by atoms with Crippen LogP contribution in [-0.4, -0.2) is 15.7 Å². The van der Waals surface area contributed by atoms with Crippen LogP contribution in [0.1, 0.15) is 12.5 Å². The van der Waals surface area contributed by atoms with Gasteiger partial charge in [-0.25, -0.2) is 0 Å². The van der Waals surface area contributed by atoms with Crippen molar-refractivity contribution in [1.82, 2.24) is 9.88 Å². The van der Waals surface area contributed by atoms with Crippen LogP contribution in [0, 0.1) is 11.8 Å². The Hall–Kier alpha value is -2.45. The molecule has 1 aliphatic rings. The Bertz CT molecular complexity index is 837. The Morgan fingerprint density at radius 3 is 2.86 bits per heavy atom. The molecule has 1 N–H and O–H groups in total. The van der Waals surface area contributed by atoms with Gasteiger partial charge in [0.1, 0.15) is 0 Å². The van der Waals surface area contributed by atoms with Gasteiger partial charge in [0.2, 0.25) is 0 Å². The molecular weight excluding hydrogens is 284 g/mol. The van der Waals surface area contributed by atoms with E-state index < -0.39 is 0 Å². The van der Waals surface area contributed by atoms with Gasteiger partial charge in [-0.15, -0.1) is 5.92 Å². The fourth-order valence-corrected chi connectivity index (χ4v) is 2.92. The first-order valence-electron chi connectivity index (χ1n) is 6.41. The fourth-order valence-electron chi connectivity index (χ4n) is 2.25. The second kappa shape index (κ2) is 5.51. The van der Waals surface area contributed by atoms with Crippen LogP contribution in [0.15, 0.2) is 35.4 Å². The van der Waals surface area contributed by atoms with Crippen molar-refractivity contribution in [3.05, 3.63) is 40.9 Å². The molecular formula is C16H12N2O2S. The summed E-state index contributed by atoms with van der Waals surface area (Å²) < 4.78 is 2.04. The molecule has 1 aromatic heterocycles. The number of nitrogens with one attached hydrogen (secondary N) is 1. The van der Waals surface area contributed by atoms with E-state index in [0.717, 1.165) is 28.2 Å². The third kappa shape index (κ3) is 2.58. The lowest BCUT2D eigenvalue weighted by Gasteiger charge is -1.97. The van der Waals surface area contributed by atoms with Crippen molar-refractivity contribution in [3.63, 3.8) is 0 Å². The van der Waals surface area contributed by atoms with E-state index in [2.05, 4.69) is 17.2 Å². The van der Waals surface area contributed by atoms with Gasteiger partial charge in [0.05, 0.1) is 11.4 Å². The highest BCUT2D eigenvalue weighted by Gasteiger charge is 2.25. The zero-order valence-corrected chi connectivity index (χ0v) is 12.2. The quantitative estimate of drug-likeness (QED) is 0.684. The highest BCUT2D eigenvalue weighted by Crippen LogP contribution is 2.29. The number of benzene rings is 1. The molecule has 0 bridgehead atoms. The normalized spacial score (nSPS) is 16.1. The predicted octanol–water partition coefficient (Wildman–Crippen LogP) is 2.99. The lowest BCUT2D eigenvalue weighted by atomic mass is 10.1. The molecule has 1 aromatic carbocycles.